The molecule has 0 atom stereocenters. The van der Waals surface area contributed by atoms with Gasteiger partial charge in [-0.15, -0.1) is 12.3 Å². The Morgan fingerprint density at radius 2 is 2.00 bits per heavy atom. The molecule has 0 aromatic heterocycles. The summed E-state index contributed by atoms with van der Waals surface area (Å²) in [6, 6.07) is 0. The molecule has 0 unspecified atom stereocenters. The van der Waals surface area contributed by atoms with Crippen LogP contribution in [-0.2, 0) is 0 Å². The molecule has 0 amide bonds. The molecule has 0 spiro atoms. The van der Waals surface area contributed by atoms with Gasteiger partial charge in [0.1, 0.15) is 5.54 Å². The lowest BCUT2D eigenvalue weighted by Crippen LogP contribution is -2.45. The fourth-order valence-electron chi connectivity index (χ4n) is 1.20. The zero-order valence-electron chi connectivity index (χ0n) is 7.25. The zero-order chi connectivity index (χ0) is 9.95. The van der Waals surface area contributed by atoms with Crippen LogP contribution in [0.25, 0.3) is 0 Å². The molecule has 1 rings (SSSR count). The number of alkyl halides is 3. The molecule has 74 valence electrons. The van der Waals surface area contributed by atoms with E-state index >= 15 is 0 Å². The van der Waals surface area contributed by atoms with Gasteiger partial charge in [-0.25, -0.2) is 0 Å². The average Bonchev–Trinajstić information content (AvgIpc) is 2.77. The highest BCUT2D eigenvalue weighted by molar-refractivity contribution is 5.07. The van der Waals surface area contributed by atoms with Crippen molar-refractivity contribution in [1.29, 1.82) is 0 Å². The van der Waals surface area contributed by atoms with Crippen LogP contribution in [0.4, 0.5) is 13.2 Å². The number of halogens is 3. The van der Waals surface area contributed by atoms with Crippen LogP contribution in [0.3, 0.4) is 0 Å². The Bertz CT molecular complexity index is 210. The van der Waals surface area contributed by atoms with E-state index in [1.807, 2.05) is 0 Å². The molecule has 1 aliphatic carbocycles. The molecule has 1 fully saturated rings. The lowest BCUT2D eigenvalue weighted by Gasteiger charge is -2.20. The smallest absolute Gasteiger partial charge is 0.304 e. The Labute approximate surface area is 75.7 Å². The molecule has 13 heavy (non-hydrogen) atoms. The van der Waals surface area contributed by atoms with Crippen LogP contribution < -0.4 is 5.32 Å². The Morgan fingerprint density at radius 3 is 2.38 bits per heavy atom. The van der Waals surface area contributed by atoms with E-state index in [0.29, 0.717) is 19.4 Å². The van der Waals surface area contributed by atoms with Crippen LogP contribution in [0.15, 0.2) is 0 Å². The summed E-state index contributed by atoms with van der Waals surface area (Å²) >= 11 is 0. The Hall–Kier alpha value is -0.690. The van der Waals surface area contributed by atoms with Gasteiger partial charge in [-0.2, -0.15) is 13.2 Å². The highest BCUT2D eigenvalue weighted by Gasteiger charge is 2.62. The van der Waals surface area contributed by atoms with Gasteiger partial charge in [-0.1, -0.05) is 0 Å². The van der Waals surface area contributed by atoms with Gasteiger partial charge in [-0.3, -0.25) is 0 Å². The summed E-state index contributed by atoms with van der Waals surface area (Å²) in [4.78, 5) is 0. The number of unbranched alkanes of at least 4 members (excludes halogenated alkanes) is 1. The van der Waals surface area contributed by atoms with Crippen molar-refractivity contribution >= 4 is 0 Å². The van der Waals surface area contributed by atoms with Gasteiger partial charge in [0.05, 0.1) is 0 Å². The molecule has 0 bridgehead atoms. The van der Waals surface area contributed by atoms with E-state index in [1.54, 1.807) is 0 Å². The SMILES string of the molecule is C#CCCCNC1(C(F)(F)F)CC1. The molecule has 0 aromatic carbocycles. The fraction of sp³-hybridized carbons (Fsp3) is 0.778. The molecule has 1 aliphatic rings. The third-order valence-corrected chi connectivity index (χ3v) is 2.25. The maximum Gasteiger partial charge on any atom is 0.406 e. The molecular formula is C9H12F3N. The normalized spacial score (nSPS) is 19.5. The number of hydrogen-bond donors (Lipinski definition) is 1. The van der Waals surface area contributed by atoms with E-state index in [1.165, 1.54) is 0 Å². The molecule has 0 radical (unpaired) electrons. The molecular weight excluding hydrogens is 179 g/mol. The first-order valence-electron chi connectivity index (χ1n) is 4.27. The molecule has 0 aliphatic heterocycles. The summed E-state index contributed by atoms with van der Waals surface area (Å²) in [6.45, 7) is 0.351. The Balaban J connectivity index is 2.25. The predicted molar refractivity (Wildman–Crippen MR) is 44.1 cm³/mol. The molecule has 0 saturated heterocycles. The van der Waals surface area contributed by atoms with E-state index in [-0.39, 0.29) is 12.8 Å². The van der Waals surface area contributed by atoms with Crippen LogP contribution >= 0.6 is 0 Å². The molecule has 4 heteroatoms. The van der Waals surface area contributed by atoms with Crippen LogP contribution in [0.5, 0.6) is 0 Å². The maximum atomic E-state index is 12.3. The second-order valence-corrected chi connectivity index (χ2v) is 3.31. The van der Waals surface area contributed by atoms with Gasteiger partial charge < -0.3 is 5.32 Å². The van der Waals surface area contributed by atoms with Gasteiger partial charge in [0, 0.05) is 6.42 Å². The van der Waals surface area contributed by atoms with Gasteiger partial charge in [0.25, 0.3) is 0 Å². The van der Waals surface area contributed by atoms with Crippen molar-refractivity contribution in [2.45, 2.75) is 37.4 Å². The van der Waals surface area contributed by atoms with Crippen molar-refractivity contribution in [3.05, 3.63) is 0 Å². The predicted octanol–water partition coefficient (Wildman–Crippen LogP) is 2.08. The minimum atomic E-state index is -4.11. The lowest BCUT2D eigenvalue weighted by molar-refractivity contribution is -0.165. The summed E-state index contributed by atoms with van der Waals surface area (Å²) in [6.07, 6.45) is 2.41. The van der Waals surface area contributed by atoms with E-state index in [2.05, 4.69) is 11.2 Å². The van der Waals surface area contributed by atoms with Gasteiger partial charge in [0.15, 0.2) is 0 Å². The third kappa shape index (κ3) is 2.38. The summed E-state index contributed by atoms with van der Waals surface area (Å²) < 4.78 is 36.9. The number of hydrogen-bond acceptors (Lipinski definition) is 1. The molecule has 0 heterocycles. The minimum absolute atomic E-state index is 0.201. The first-order chi connectivity index (χ1) is 6.02. The zero-order valence-corrected chi connectivity index (χ0v) is 7.25. The van der Waals surface area contributed by atoms with Crippen molar-refractivity contribution in [2.75, 3.05) is 6.54 Å². The third-order valence-electron chi connectivity index (χ3n) is 2.25. The number of nitrogens with one attached hydrogen (secondary N) is 1. The Kier molecular flexibility index (Phi) is 2.87. The van der Waals surface area contributed by atoms with Gasteiger partial charge >= 0.3 is 6.18 Å². The first-order valence-corrected chi connectivity index (χ1v) is 4.27. The second-order valence-electron chi connectivity index (χ2n) is 3.31. The molecule has 0 aromatic rings. The minimum Gasteiger partial charge on any atom is -0.304 e. The largest absolute Gasteiger partial charge is 0.406 e. The van der Waals surface area contributed by atoms with Gasteiger partial charge in [0.2, 0.25) is 0 Å². The van der Waals surface area contributed by atoms with Crippen LogP contribution in [0.2, 0.25) is 0 Å². The highest BCUT2D eigenvalue weighted by Crippen LogP contribution is 2.48. The molecule has 1 N–H and O–H groups in total. The van der Waals surface area contributed by atoms with E-state index in [4.69, 9.17) is 6.42 Å². The summed E-state index contributed by atoms with van der Waals surface area (Å²) in [5.74, 6) is 2.39. The quantitative estimate of drug-likeness (QED) is 0.530. The number of rotatable bonds is 4. The first kappa shape index (κ1) is 10.4. The topological polar surface area (TPSA) is 12.0 Å². The van der Waals surface area contributed by atoms with Crippen LogP contribution in [-0.4, -0.2) is 18.3 Å². The summed E-state index contributed by atoms with van der Waals surface area (Å²) in [7, 11) is 0. The van der Waals surface area contributed by atoms with Crippen molar-refractivity contribution < 1.29 is 13.2 Å². The van der Waals surface area contributed by atoms with Crippen molar-refractivity contribution in [3.8, 4) is 12.3 Å². The van der Waals surface area contributed by atoms with Crippen LogP contribution in [0.1, 0.15) is 25.7 Å². The summed E-state index contributed by atoms with van der Waals surface area (Å²) in [5, 5.41) is 2.52. The summed E-state index contributed by atoms with van der Waals surface area (Å²) in [5.41, 5.74) is -1.58. The second kappa shape index (κ2) is 3.59. The van der Waals surface area contributed by atoms with Crippen molar-refractivity contribution in [3.63, 3.8) is 0 Å². The molecule has 1 saturated carbocycles. The average molecular weight is 191 g/mol. The highest BCUT2D eigenvalue weighted by atomic mass is 19.4. The van der Waals surface area contributed by atoms with E-state index < -0.39 is 11.7 Å². The van der Waals surface area contributed by atoms with Crippen molar-refractivity contribution in [2.24, 2.45) is 0 Å². The van der Waals surface area contributed by atoms with E-state index in [0.717, 1.165) is 0 Å². The Morgan fingerprint density at radius 1 is 1.38 bits per heavy atom. The lowest BCUT2D eigenvalue weighted by atomic mass is 10.2. The maximum absolute atomic E-state index is 12.3. The van der Waals surface area contributed by atoms with Crippen LogP contribution in [0, 0.1) is 12.3 Å². The monoisotopic (exact) mass is 191 g/mol. The van der Waals surface area contributed by atoms with E-state index in [9.17, 15) is 13.2 Å². The number of terminal acetylenes is 1. The fourth-order valence-corrected chi connectivity index (χ4v) is 1.20. The standard InChI is InChI=1S/C9H12F3N/c1-2-3-4-7-13-8(5-6-8)9(10,11)12/h1,13H,3-7H2. The molecule has 1 nitrogen and oxygen atoms in total. The van der Waals surface area contributed by atoms with Gasteiger partial charge in [-0.05, 0) is 25.8 Å². The van der Waals surface area contributed by atoms with Crippen molar-refractivity contribution in [1.82, 2.24) is 5.32 Å².